The van der Waals surface area contributed by atoms with Gasteiger partial charge in [0.25, 0.3) is 0 Å². The highest BCUT2D eigenvalue weighted by atomic mass is 16.3. The molecule has 0 radical (unpaired) electrons. The van der Waals surface area contributed by atoms with Gasteiger partial charge in [-0.15, -0.1) is 0 Å². The Hall–Kier alpha value is -0.820. The summed E-state index contributed by atoms with van der Waals surface area (Å²) < 4.78 is 0. The molecule has 0 aliphatic rings. The monoisotopic (exact) mass is 222 g/mol. The Morgan fingerprint density at radius 3 is 2.06 bits per heavy atom. The zero-order chi connectivity index (χ0) is 12.6. The number of benzene rings is 1. The van der Waals surface area contributed by atoms with Crippen LogP contribution in [-0.4, -0.2) is 5.11 Å². The van der Waals surface area contributed by atoms with E-state index in [0.29, 0.717) is 5.92 Å². The standard InChI is InChI=1S/C13H20O.C2H6/c1-11(2)9-10-13(3,14)12-7-5-4-6-8-12;1-2/h4-8,11,14H,9-10H2,1-3H3;1-2H3. The van der Waals surface area contributed by atoms with Gasteiger partial charge in [-0.05, 0) is 31.2 Å². The van der Waals surface area contributed by atoms with Gasteiger partial charge in [-0.25, -0.2) is 0 Å². The maximum Gasteiger partial charge on any atom is 0.0868 e. The van der Waals surface area contributed by atoms with Crippen molar-refractivity contribution in [1.82, 2.24) is 0 Å². The predicted octanol–water partition coefficient (Wildman–Crippen LogP) is 4.36. The summed E-state index contributed by atoms with van der Waals surface area (Å²) in [5.41, 5.74) is 0.339. The van der Waals surface area contributed by atoms with Crippen molar-refractivity contribution in [2.45, 2.75) is 53.1 Å². The molecule has 0 saturated carbocycles. The molecule has 16 heavy (non-hydrogen) atoms. The molecule has 0 saturated heterocycles. The lowest BCUT2D eigenvalue weighted by Crippen LogP contribution is -2.21. The van der Waals surface area contributed by atoms with E-state index in [1.54, 1.807) is 0 Å². The Balaban J connectivity index is 0.00000106. The van der Waals surface area contributed by atoms with Crippen LogP contribution in [0.25, 0.3) is 0 Å². The third-order valence-electron chi connectivity index (χ3n) is 2.60. The van der Waals surface area contributed by atoms with Crippen molar-refractivity contribution in [3.8, 4) is 0 Å². The van der Waals surface area contributed by atoms with Crippen LogP contribution in [0.5, 0.6) is 0 Å². The smallest absolute Gasteiger partial charge is 0.0868 e. The van der Waals surface area contributed by atoms with Crippen molar-refractivity contribution in [2.75, 3.05) is 0 Å². The van der Waals surface area contributed by atoms with E-state index in [1.807, 2.05) is 51.1 Å². The van der Waals surface area contributed by atoms with Crippen molar-refractivity contribution >= 4 is 0 Å². The fraction of sp³-hybridized carbons (Fsp3) is 0.600. The Labute approximate surface area is 101 Å². The minimum absolute atomic E-state index is 0.644. The summed E-state index contributed by atoms with van der Waals surface area (Å²) in [7, 11) is 0. The number of rotatable bonds is 4. The SMILES string of the molecule is CC.CC(C)CCC(C)(O)c1ccccc1. The lowest BCUT2D eigenvalue weighted by molar-refractivity contribution is 0.0420. The highest BCUT2D eigenvalue weighted by Gasteiger charge is 2.22. The fourth-order valence-electron chi connectivity index (χ4n) is 1.51. The summed E-state index contributed by atoms with van der Waals surface area (Å²) in [5, 5.41) is 10.2. The molecule has 1 rings (SSSR count). The molecular formula is C15H26O. The molecule has 92 valence electrons. The Kier molecular flexibility index (Phi) is 7.07. The molecule has 1 nitrogen and oxygen atoms in total. The van der Waals surface area contributed by atoms with Crippen LogP contribution >= 0.6 is 0 Å². The Morgan fingerprint density at radius 2 is 1.62 bits per heavy atom. The number of hydrogen-bond donors (Lipinski definition) is 1. The zero-order valence-electron chi connectivity index (χ0n) is 11.3. The second-order valence-corrected chi connectivity index (χ2v) is 4.57. The van der Waals surface area contributed by atoms with Gasteiger partial charge in [0.15, 0.2) is 0 Å². The normalized spacial score (nSPS) is 13.9. The van der Waals surface area contributed by atoms with E-state index in [9.17, 15) is 5.11 Å². The molecule has 0 heterocycles. The van der Waals surface area contributed by atoms with E-state index in [-0.39, 0.29) is 0 Å². The van der Waals surface area contributed by atoms with Gasteiger partial charge in [0, 0.05) is 0 Å². The first-order valence-electron chi connectivity index (χ1n) is 6.30. The third kappa shape index (κ3) is 5.32. The fourth-order valence-corrected chi connectivity index (χ4v) is 1.51. The summed E-state index contributed by atoms with van der Waals surface area (Å²) >= 11 is 0. The zero-order valence-corrected chi connectivity index (χ0v) is 11.3. The van der Waals surface area contributed by atoms with Gasteiger partial charge in [0.05, 0.1) is 5.60 Å². The molecule has 0 amide bonds. The minimum atomic E-state index is -0.675. The average Bonchev–Trinajstić information content (AvgIpc) is 2.30. The van der Waals surface area contributed by atoms with Crippen LogP contribution in [0.15, 0.2) is 30.3 Å². The second-order valence-electron chi connectivity index (χ2n) is 4.57. The molecule has 1 N–H and O–H groups in total. The molecule has 0 spiro atoms. The maximum atomic E-state index is 10.2. The summed E-state index contributed by atoms with van der Waals surface area (Å²) in [6.45, 7) is 10.3. The van der Waals surface area contributed by atoms with Crippen LogP contribution in [0.4, 0.5) is 0 Å². The van der Waals surface area contributed by atoms with E-state index < -0.39 is 5.60 Å². The van der Waals surface area contributed by atoms with E-state index >= 15 is 0 Å². The van der Waals surface area contributed by atoms with Gasteiger partial charge in [-0.2, -0.15) is 0 Å². The van der Waals surface area contributed by atoms with Crippen LogP contribution in [0.2, 0.25) is 0 Å². The van der Waals surface area contributed by atoms with Crippen LogP contribution in [0.1, 0.15) is 53.0 Å². The van der Waals surface area contributed by atoms with Crippen LogP contribution in [0, 0.1) is 5.92 Å². The van der Waals surface area contributed by atoms with Crippen molar-refractivity contribution < 1.29 is 5.11 Å². The first kappa shape index (κ1) is 15.2. The van der Waals surface area contributed by atoms with Crippen LogP contribution < -0.4 is 0 Å². The minimum Gasteiger partial charge on any atom is -0.385 e. The van der Waals surface area contributed by atoms with Gasteiger partial charge in [0.2, 0.25) is 0 Å². The molecule has 0 fully saturated rings. The van der Waals surface area contributed by atoms with E-state index in [1.165, 1.54) is 0 Å². The molecule has 0 aliphatic carbocycles. The molecular weight excluding hydrogens is 196 g/mol. The second kappa shape index (κ2) is 7.45. The molecule has 0 bridgehead atoms. The Morgan fingerprint density at radius 1 is 1.12 bits per heavy atom. The summed E-state index contributed by atoms with van der Waals surface area (Å²) in [6.07, 6.45) is 1.89. The Bertz CT molecular complexity index is 262. The van der Waals surface area contributed by atoms with Crippen molar-refractivity contribution in [3.05, 3.63) is 35.9 Å². The molecule has 0 aromatic heterocycles. The maximum absolute atomic E-state index is 10.2. The van der Waals surface area contributed by atoms with Gasteiger partial charge < -0.3 is 5.11 Å². The highest BCUT2D eigenvalue weighted by Crippen LogP contribution is 2.27. The van der Waals surface area contributed by atoms with Gasteiger partial charge in [0.1, 0.15) is 0 Å². The first-order chi connectivity index (χ1) is 7.52. The van der Waals surface area contributed by atoms with Gasteiger partial charge >= 0.3 is 0 Å². The lowest BCUT2D eigenvalue weighted by Gasteiger charge is -2.24. The number of aliphatic hydroxyl groups is 1. The van der Waals surface area contributed by atoms with Crippen LogP contribution in [0.3, 0.4) is 0 Å². The third-order valence-corrected chi connectivity index (χ3v) is 2.60. The van der Waals surface area contributed by atoms with Crippen molar-refractivity contribution in [3.63, 3.8) is 0 Å². The van der Waals surface area contributed by atoms with Crippen LogP contribution in [-0.2, 0) is 5.60 Å². The summed E-state index contributed by atoms with van der Waals surface area (Å²) in [4.78, 5) is 0. The summed E-state index contributed by atoms with van der Waals surface area (Å²) in [6, 6.07) is 9.89. The molecule has 1 heteroatoms. The number of hydrogen-bond acceptors (Lipinski definition) is 1. The van der Waals surface area contributed by atoms with E-state index in [0.717, 1.165) is 18.4 Å². The molecule has 1 unspecified atom stereocenters. The first-order valence-corrected chi connectivity index (χ1v) is 6.30. The van der Waals surface area contributed by atoms with Crippen molar-refractivity contribution in [1.29, 1.82) is 0 Å². The van der Waals surface area contributed by atoms with E-state index in [4.69, 9.17) is 0 Å². The molecule has 1 aromatic carbocycles. The largest absolute Gasteiger partial charge is 0.385 e. The van der Waals surface area contributed by atoms with E-state index in [2.05, 4.69) is 13.8 Å². The summed E-state index contributed by atoms with van der Waals surface area (Å²) in [5.74, 6) is 0.644. The molecule has 0 aliphatic heterocycles. The molecule has 1 atom stereocenters. The average molecular weight is 222 g/mol. The quantitative estimate of drug-likeness (QED) is 0.802. The predicted molar refractivity (Wildman–Crippen MR) is 71.4 cm³/mol. The van der Waals surface area contributed by atoms with Gasteiger partial charge in [-0.1, -0.05) is 58.0 Å². The van der Waals surface area contributed by atoms with Gasteiger partial charge in [-0.3, -0.25) is 0 Å². The lowest BCUT2D eigenvalue weighted by atomic mass is 9.89. The highest BCUT2D eigenvalue weighted by molar-refractivity contribution is 5.21. The molecule has 1 aromatic rings. The van der Waals surface area contributed by atoms with Crippen molar-refractivity contribution in [2.24, 2.45) is 5.92 Å². The topological polar surface area (TPSA) is 20.2 Å².